The Bertz CT molecular complexity index is 407. The van der Waals surface area contributed by atoms with Gasteiger partial charge in [0.15, 0.2) is 0 Å². The summed E-state index contributed by atoms with van der Waals surface area (Å²) in [6.45, 7) is 10.4. The maximum absolute atomic E-state index is 3.76. The summed E-state index contributed by atoms with van der Waals surface area (Å²) in [5.74, 6) is 0.758. The number of hydrogen-bond acceptors (Lipinski definition) is 3. The monoisotopic (exact) mass is 358 g/mol. The quantitative estimate of drug-likeness (QED) is 0.805. The van der Waals surface area contributed by atoms with E-state index in [1.54, 1.807) is 0 Å². The molecule has 0 bridgehead atoms. The summed E-state index contributed by atoms with van der Waals surface area (Å²) in [5, 5.41) is 5.95. The maximum Gasteiger partial charge on any atom is 0.0332 e. The van der Waals surface area contributed by atoms with Gasteiger partial charge in [0.25, 0.3) is 0 Å². The Hall–Kier alpha value is 0.1000. The molecule has 114 valence electrons. The number of thiophene rings is 1. The molecule has 20 heavy (non-hydrogen) atoms. The van der Waals surface area contributed by atoms with E-state index in [0.29, 0.717) is 12.1 Å². The Balaban J connectivity index is 2.04. The van der Waals surface area contributed by atoms with Crippen LogP contribution in [0.1, 0.15) is 44.9 Å². The molecule has 2 nitrogen and oxygen atoms in total. The summed E-state index contributed by atoms with van der Waals surface area (Å²) in [5.41, 5.74) is 0. The normalized spacial score (nSPS) is 25.8. The molecule has 1 N–H and O–H groups in total. The van der Waals surface area contributed by atoms with Gasteiger partial charge in [-0.1, -0.05) is 33.6 Å². The van der Waals surface area contributed by atoms with Crippen LogP contribution in [0.5, 0.6) is 0 Å². The smallest absolute Gasteiger partial charge is 0.0332 e. The van der Waals surface area contributed by atoms with E-state index in [-0.39, 0.29) is 0 Å². The van der Waals surface area contributed by atoms with Crippen LogP contribution in [0.3, 0.4) is 0 Å². The van der Waals surface area contributed by atoms with Gasteiger partial charge in [0, 0.05) is 46.4 Å². The van der Waals surface area contributed by atoms with Gasteiger partial charge in [-0.15, -0.1) is 11.3 Å². The number of hydrogen-bond donors (Lipinski definition) is 1. The molecule has 3 unspecified atom stereocenters. The van der Waals surface area contributed by atoms with Crippen molar-refractivity contribution in [2.75, 3.05) is 13.1 Å². The van der Waals surface area contributed by atoms with Gasteiger partial charge in [-0.2, -0.15) is 0 Å². The first kappa shape index (κ1) is 16.5. The minimum absolute atomic E-state index is 0.670. The third-order valence-corrected chi connectivity index (χ3v) is 6.14. The Morgan fingerprint density at radius 2 is 2.30 bits per heavy atom. The molecule has 0 aromatic carbocycles. The van der Waals surface area contributed by atoms with Crippen LogP contribution in [0.15, 0.2) is 15.9 Å². The molecule has 1 aliphatic rings. The molecular formula is C16H27BrN2S. The summed E-state index contributed by atoms with van der Waals surface area (Å²) in [7, 11) is 0. The second-order valence-corrected chi connectivity index (χ2v) is 7.92. The van der Waals surface area contributed by atoms with Gasteiger partial charge in [-0.25, -0.2) is 0 Å². The largest absolute Gasteiger partial charge is 0.311 e. The van der Waals surface area contributed by atoms with Crippen molar-refractivity contribution in [3.63, 3.8) is 0 Å². The minimum atomic E-state index is 0.670. The van der Waals surface area contributed by atoms with E-state index >= 15 is 0 Å². The van der Waals surface area contributed by atoms with E-state index in [9.17, 15) is 0 Å². The van der Waals surface area contributed by atoms with Gasteiger partial charge < -0.3 is 5.32 Å². The Kier molecular flexibility index (Phi) is 6.53. The van der Waals surface area contributed by atoms with Crippen molar-refractivity contribution in [3.8, 4) is 0 Å². The Morgan fingerprint density at radius 1 is 1.50 bits per heavy atom. The minimum Gasteiger partial charge on any atom is -0.311 e. The van der Waals surface area contributed by atoms with E-state index in [1.165, 1.54) is 35.2 Å². The molecule has 1 saturated heterocycles. The van der Waals surface area contributed by atoms with Crippen LogP contribution in [0.25, 0.3) is 0 Å². The highest BCUT2D eigenvalue weighted by atomic mass is 79.9. The zero-order chi connectivity index (χ0) is 14.5. The molecular weight excluding hydrogens is 332 g/mol. The Labute approximate surface area is 136 Å². The molecule has 0 spiro atoms. The van der Waals surface area contributed by atoms with Crippen LogP contribution in [-0.2, 0) is 6.54 Å². The lowest BCUT2D eigenvalue weighted by molar-refractivity contribution is 0.0828. The highest BCUT2D eigenvalue weighted by Gasteiger charge is 2.30. The first-order valence-electron chi connectivity index (χ1n) is 7.84. The van der Waals surface area contributed by atoms with Crippen molar-refractivity contribution in [2.24, 2.45) is 5.92 Å². The summed E-state index contributed by atoms with van der Waals surface area (Å²) in [4.78, 5) is 4.19. The van der Waals surface area contributed by atoms with Gasteiger partial charge in [-0.05, 0) is 34.3 Å². The average molecular weight is 359 g/mol. The van der Waals surface area contributed by atoms with E-state index in [1.807, 2.05) is 11.3 Å². The molecule has 3 atom stereocenters. The molecule has 0 aliphatic carbocycles. The van der Waals surface area contributed by atoms with Gasteiger partial charge >= 0.3 is 0 Å². The molecule has 2 heterocycles. The molecule has 1 fully saturated rings. The molecule has 0 amide bonds. The Morgan fingerprint density at radius 3 is 2.90 bits per heavy atom. The lowest BCUT2D eigenvalue weighted by atomic mass is 9.93. The molecule has 1 aromatic heterocycles. The molecule has 1 aromatic rings. The van der Waals surface area contributed by atoms with E-state index in [2.05, 4.69) is 58.4 Å². The second-order valence-electron chi connectivity index (χ2n) is 6.01. The summed E-state index contributed by atoms with van der Waals surface area (Å²) in [6.07, 6.45) is 3.82. The predicted molar refractivity (Wildman–Crippen MR) is 92.4 cm³/mol. The zero-order valence-corrected chi connectivity index (χ0v) is 15.3. The van der Waals surface area contributed by atoms with E-state index in [4.69, 9.17) is 0 Å². The van der Waals surface area contributed by atoms with Gasteiger partial charge in [0.05, 0.1) is 0 Å². The van der Waals surface area contributed by atoms with E-state index in [0.717, 1.165) is 19.0 Å². The SMILES string of the molecule is CCCC1CN(Cc2cc(Br)cs2)C(C(C)CC)CN1. The van der Waals surface area contributed by atoms with Crippen LogP contribution in [0.4, 0.5) is 0 Å². The van der Waals surface area contributed by atoms with E-state index < -0.39 is 0 Å². The molecule has 4 heteroatoms. The van der Waals surface area contributed by atoms with Crippen molar-refractivity contribution in [1.29, 1.82) is 0 Å². The fraction of sp³-hybridized carbons (Fsp3) is 0.750. The predicted octanol–water partition coefficient (Wildman–Crippen LogP) is 4.50. The van der Waals surface area contributed by atoms with Crippen LogP contribution < -0.4 is 5.32 Å². The fourth-order valence-electron chi connectivity index (χ4n) is 3.09. The van der Waals surface area contributed by atoms with Crippen LogP contribution in [0.2, 0.25) is 0 Å². The molecule has 0 radical (unpaired) electrons. The van der Waals surface area contributed by atoms with Crippen molar-refractivity contribution >= 4 is 27.3 Å². The first-order valence-corrected chi connectivity index (χ1v) is 9.51. The first-order chi connectivity index (χ1) is 9.63. The lowest BCUT2D eigenvalue weighted by Crippen LogP contribution is -2.57. The molecule has 2 rings (SSSR count). The average Bonchev–Trinajstić information content (AvgIpc) is 2.84. The summed E-state index contributed by atoms with van der Waals surface area (Å²) < 4.78 is 1.22. The van der Waals surface area contributed by atoms with Crippen LogP contribution in [-0.4, -0.2) is 30.1 Å². The summed E-state index contributed by atoms with van der Waals surface area (Å²) in [6, 6.07) is 3.62. The highest BCUT2D eigenvalue weighted by molar-refractivity contribution is 9.10. The number of nitrogens with zero attached hydrogens (tertiary/aromatic N) is 1. The fourth-order valence-corrected chi connectivity index (χ4v) is 4.57. The van der Waals surface area contributed by atoms with Crippen molar-refractivity contribution in [2.45, 2.75) is 58.7 Å². The van der Waals surface area contributed by atoms with Gasteiger partial charge in [0.1, 0.15) is 0 Å². The maximum atomic E-state index is 3.76. The van der Waals surface area contributed by atoms with Crippen LogP contribution in [0, 0.1) is 5.92 Å². The summed E-state index contributed by atoms with van der Waals surface area (Å²) >= 11 is 5.44. The van der Waals surface area contributed by atoms with Crippen LogP contribution >= 0.6 is 27.3 Å². The van der Waals surface area contributed by atoms with Gasteiger partial charge in [0.2, 0.25) is 0 Å². The topological polar surface area (TPSA) is 15.3 Å². The number of halogens is 1. The lowest BCUT2D eigenvalue weighted by Gasteiger charge is -2.43. The molecule has 0 saturated carbocycles. The van der Waals surface area contributed by atoms with Crippen molar-refractivity contribution in [1.82, 2.24) is 10.2 Å². The third-order valence-electron chi connectivity index (χ3n) is 4.46. The second kappa shape index (κ2) is 7.92. The third kappa shape index (κ3) is 4.30. The standard InChI is InChI=1S/C16H27BrN2S/c1-4-6-14-9-19(10-15-7-13(17)11-20-15)16(8-18-14)12(3)5-2/h7,11-12,14,16,18H,4-6,8-10H2,1-3H3. The van der Waals surface area contributed by atoms with Crippen molar-refractivity contribution in [3.05, 3.63) is 20.8 Å². The highest BCUT2D eigenvalue weighted by Crippen LogP contribution is 2.26. The van der Waals surface area contributed by atoms with Gasteiger partial charge in [-0.3, -0.25) is 4.90 Å². The molecule has 1 aliphatic heterocycles. The zero-order valence-electron chi connectivity index (χ0n) is 12.9. The van der Waals surface area contributed by atoms with Crippen molar-refractivity contribution < 1.29 is 0 Å². The number of nitrogens with one attached hydrogen (secondary N) is 1. The number of piperazine rings is 1. The number of rotatable bonds is 6.